The summed E-state index contributed by atoms with van der Waals surface area (Å²) >= 11 is 0. The van der Waals surface area contributed by atoms with E-state index in [1.165, 1.54) is 0 Å². The van der Waals surface area contributed by atoms with Gasteiger partial charge < -0.3 is 14.6 Å². The van der Waals surface area contributed by atoms with Crippen LogP contribution < -0.4 is 4.74 Å². The lowest BCUT2D eigenvalue weighted by Gasteiger charge is -2.45. The van der Waals surface area contributed by atoms with Crippen molar-refractivity contribution in [3.8, 4) is 5.75 Å². The predicted octanol–water partition coefficient (Wildman–Crippen LogP) is 4.62. The molecule has 3 unspecified atom stereocenters. The Hall–Kier alpha value is -1.79. The van der Waals surface area contributed by atoms with Crippen LogP contribution in [0, 0.1) is 23.2 Å². The van der Waals surface area contributed by atoms with Gasteiger partial charge in [-0.1, -0.05) is 0 Å². The van der Waals surface area contributed by atoms with Crippen molar-refractivity contribution in [1.82, 2.24) is 4.98 Å². The van der Waals surface area contributed by atoms with Crippen LogP contribution in [0.25, 0.3) is 0 Å². The highest BCUT2D eigenvalue weighted by Gasteiger charge is 2.47. The van der Waals surface area contributed by atoms with E-state index >= 15 is 0 Å². The van der Waals surface area contributed by atoms with E-state index < -0.39 is 5.60 Å². The largest absolute Gasteiger partial charge is 0.495 e. The van der Waals surface area contributed by atoms with E-state index in [1.807, 2.05) is 26.8 Å². The molecule has 4 atom stereocenters. The van der Waals surface area contributed by atoms with Crippen molar-refractivity contribution >= 4 is 12.1 Å². The van der Waals surface area contributed by atoms with Crippen molar-refractivity contribution < 1.29 is 14.6 Å². The predicted molar refractivity (Wildman–Crippen MR) is 123 cm³/mol. The fraction of sp³-hybridized carbons (Fsp3) is 0.720. The van der Waals surface area contributed by atoms with Crippen LogP contribution in [0.3, 0.4) is 0 Å². The van der Waals surface area contributed by atoms with Crippen LogP contribution in [0.1, 0.15) is 71.4 Å². The monoisotopic (exact) mass is 427 g/mol. The average Bonchev–Trinajstić information content (AvgIpc) is 3.54. The SMILES string of the molecule is COc1ccc([C@@H]2CC2COC2N=C(C)N=CC2(C)C2CCC(C(C)(C)O)CC2)nc1. The highest BCUT2D eigenvalue weighted by Crippen LogP contribution is 2.49. The Kier molecular flexibility index (Phi) is 6.23. The lowest BCUT2D eigenvalue weighted by atomic mass is 9.65. The summed E-state index contributed by atoms with van der Waals surface area (Å²) in [7, 11) is 1.66. The van der Waals surface area contributed by atoms with Gasteiger partial charge in [0.25, 0.3) is 0 Å². The van der Waals surface area contributed by atoms with Crippen LogP contribution in [0.2, 0.25) is 0 Å². The molecule has 0 saturated heterocycles. The maximum atomic E-state index is 10.4. The Labute approximate surface area is 186 Å². The normalized spacial score (nSPS) is 35.5. The number of hydrogen-bond acceptors (Lipinski definition) is 6. The lowest BCUT2D eigenvalue weighted by Crippen LogP contribution is -2.46. The third-order valence-electron chi connectivity index (χ3n) is 7.74. The maximum Gasteiger partial charge on any atom is 0.160 e. The van der Waals surface area contributed by atoms with Gasteiger partial charge in [-0.2, -0.15) is 0 Å². The molecule has 0 radical (unpaired) electrons. The average molecular weight is 428 g/mol. The van der Waals surface area contributed by atoms with Crippen LogP contribution in [0.4, 0.5) is 0 Å². The molecular formula is C25H37N3O3. The van der Waals surface area contributed by atoms with Crippen molar-refractivity contribution in [3.63, 3.8) is 0 Å². The van der Waals surface area contributed by atoms with E-state index in [1.54, 1.807) is 13.3 Å². The molecule has 1 aromatic heterocycles. The highest BCUT2D eigenvalue weighted by molar-refractivity contribution is 5.91. The van der Waals surface area contributed by atoms with Crippen molar-refractivity contribution in [2.24, 2.45) is 33.2 Å². The molecular weight excluding hydrogens is 390 g/mol. The van der Waals surface area contributed by atoms with E-state index in [0.29, 0.717) is 30.3 Å². The molecule has 2 saturated carbocycles. The minimum atomic E-state index is -0.604. The second-order valence-corrected chi connectivity index (χ2v) is 10.4. The van der Waals surface area contributed by atoms with Gasteiger partial charge in [0.1, 0.15) is 11.6 Å². The first-order valence-corrected chi connectivity index (χ1v) is 11.6. The molecule has 31 heavy (non-hydrogen) atoms. The van der Waals surface area contributed by atoms with E-state index in [9.17, 15) is 5.11 Å². The first-order valence-electron chi connectivity index (χ1n) is 11.6. The molecule has 0 bridgehead atoms. The second kappa shape index (κ2) is 8.62. The summed E-state index contributed by atoms with van der Waals surface area (Å²) < 4.78 is 11.7. The minimum absolute atomic E-state index is 0.196. The maximum absolute atomic E-state index is 10.4. The summed E-state index contributed by atoms with van der Waals surface area (Å²) in [6, 6.07) is 4.04. The molecule has 2 fully saturated rings. The number of pyridine rings is 1. The van der Waals surface area contributed by atoms with Gasteiger partial charge in [0.15, 0.2) is 6.23 Å². The van der Waals surface area contributed by atoms with Crippen LogP contribution in [0.5, 0.6) is 5.75 Å². The zero-order valence-electron chi connectivity index (χ0n) is 19.5. The van der Waals surface area contributed by atoms with Gasteiger partial charge in [-0.3, -0.25) is 4.98 Å². The van der Waals surface area contributed by atoms with Gasteiger partial charge in [0.05, 0.1) is 30.9 Å². The van der Waals surface area contributed by atoms with E-state index in [2.05, 4.69) is 29.2 Å². The number of aromatic nitrogens is 1. The van der Waals surface area contributed by atoms with Crippen LogP contribution in [-0.4, -0.2) is 47.7 Å². The molecule has 0 aromatic carbocycles. The fourth-order valence-corrected chi connectivity index (χ4v) is 5.32. The van der Waals surface area contributed by atoms with Gasteiger partial charge in [-0.25, -0.2) is 9.98 Å². The van der Waals surface area contributed by atoms with Crippen molar-refractivity contribution in [1.29, 1.82) is 0 Å². The molecule has 1 aromatic rings. The molecule has 1 aliphatic heterocycles. The number of ether oxygens (including phenoxy) is 2. The number of rotatable bonds is 7. The number of hydrogen-bond donors (Lipinski definition) is 1. The zero-order chi connectivity index (χ0) is 22.2. The molecule has 4 rings (SSSR count). The number of amidine groups is 1. The standard InChI is InChI=1S/C25H37N3O3/c1-16-27-15-25(4,19-8-6-18(7-9-19)24(2,3)29)23(28-16)31-14-17-12-21(17)22-11-10-20(30-5)13-26-22/h10-11,13,15,17-19,21,23,29H,6-9,12,14H2,1-5H3/t17?,18?,19?,21-,23?,25?/m1/s1. The molecule has 0 spiro atoms. The van der Waals surface area contributed by atoms with Gasteiger partial charge in [-0.15, -0.1) is 0 Å². The summed E-state index contributed by atoms with van der Waals surface area (Å²) in [5.41, 5.74) is 0.313. The summed E-state index contributed by atoms with van der Waals surface area (Å²) in [4.78, 5) is 13.9. The van der Waals surface area contributed by atoms with E-state index in [0.717, 1.165) is 49.4 Å². The third-order valence-corrected chi connectivity index (χ3v) is 7.74. The summed E-state index contributed by atoms with van der Waals surface area (Å²) in [6.07, 6.45) is 9.03. The molecule has 3 aliphatic rings. The third kappa shape index (κ3) is 4.85. The van der Waals surface area contributed by atoms with Crippen molar-refractivity contribution in [2.75, 3.05) is 13.7 Å². The highest BCUT2D eigenvalue weighted by atomic mass is 16.5. The molecule has 0 amide bonds. The zero-order valence-corrected chi connectivity index (χ0v) is 19.5. The fourth-order valence-electron chi connectivity index (χ4n) is 5.32. The van der Waals surface area contributed by atoms with Crippen LogP contribution in [-0.2, 0) is 4.74 Å². The Morgan fingerprint density at radius 3 is 2.55 bits per heavy atom. The molecule has 1 N–H and O–H groups in total. The molecule has 6 heteroatoms. The summed E-state index contributed by atoms with van der Waals surface area (Å²) in [5, 5.41) is 10.4. The molecule has 2 heterocycles. The number of aliphatic imine (C=N–C) groups is 2. The first-order chi connectivity index (χ1) is 14.7. The Bertz CT molecular complexity index is 821. The molecule has 2 aliphatic carbocycles. The number of methoxy groups -OCH3 is 1. The summed E-state index contributed by atoms with van der Waals surface area (Å²) in [6.45, 7) is 8.76. The number of nitrogens with zero attached hydrogens (tertiary/aromatic N) is 3. The smallest absolute Gasteiger partial charge is 0.160 e. The lowest BCUT2D eigenvalue weighted by molar-refractivity contribution is -0.0520. The van der Waals surface area contributed by atoms with E-state index in [-0.39, 0.29) is 11.6 Å². The van der Waals surface area contributed by atoms with Crippen LogP contribution in [0.15, 0.2) is 28.3 Å². The molecule has 6 nitrogen and oxygen atoms in total. The van der Waals surface area contributed by atoms with Crippen molar-refractivity contribution in [2.45, 2.75) is 77.5 Å². The first kappa shape index (κ1) is 22.4. The second-order valence-electron chi connectivity index (χ2n) is 10.4. The van der Waals surface area contributed by atoms with Gasteiger partial charge in [0.2, 0.25) is 0 Å². The molecule has 170 valence electrons. The van der Waals surface area contributed by atoms with Gasteiger partial charge in [0, 0.05) is 17.8 Å². The van der Waals surface area contributed by atoms with Gasteiger partial charge in [-0.05, 0) is 89.7 Å². The Balaban J connectivity index is 1.37. The quantitative estimate of drug-likeness (QED) is 0.689. The minimum Gasteiger partial charge on any atom is -0.495 e. The van der Waals surface area contributed by atoms with E-state index in [4.69, 9.17) is 14.5 Å². The summed E-state index contributed by atoms with van der Waals surface area (Å²) in [5.74, 6) is 3.36. The number of aliphatic hydroxyl groups is 1. The van der Waals surface area contributed by atoms with Crippen molar-refractivity contribution in [3.05, 3.63) is 24.0 Å². The Morgan fingerprint density at radius 1 is 1.19 bits per heavy atom. The topological polar surface area (TPSA) is 76.3 Å². The van der Waals surface area contributed by atoms with Gasteiger partial charge >= 0.3 is 0 Å². The van der Waals surface area contributed by atoms with Crippen LogP contribution >= 0.6 is 0 Å². The Morgan fingerprint density at radius 2 is 1.94 bits per heavy atom.